The maximum absolute atomic E-state index is 12.0. The van der Waals surface area contributed by atoms with Gasteiger partial charge >= 0.3 is 6.36 Å². The fourth-order valence-corrected chi connectivity index (χ4v) is 1.57. The number of nitrogens with one attached hydrogen (secondary N) is 1. The Bertz CT molecular complexity index is 432. The van der Waals surface area contributed by atoms with Crippen LogP contribution in [-0.4, -0.2) is 18.3 Å². The van der Waals surface area contributed by atoms with Crippen LogP contribution in [0.15, 0.2) is 24.3 Å². The largest absolute Gasteiger partial charge is 0.573 e. The Hall–Kier alpha value is -1.76. The number of ether oxygens (including phenoxy) is 1. The van der Waals surface area contributed by atoms with Crippen molar-refractivity contribution >= 4 is 5.91 Å². The smallest absolute Gasteiger partial charge is 0.406 e. The normalized spacial score (nSPS) is 12.8. The Morgan fingerprint density at radius 1 is 1.35 bits per heavy atom. The average molecular weight is 290 g/mol. The molecule has 1 aromatic rings. The van der Waals surface area contributed by atoms with Gasteiger partial charge in [-0.3, -0.25) is 4.79 Å². The third kappa shape index (κ3) is 5.92. The number of nitrogens with two attached hydrogens (primary N) is 1. The average Bonchev–Trinajstić information content (AvgIpc) is 2.36. The molecule has 4 nitrogen and oxygen atoms in total. The number of carbonyl (C=O) groups is 1. The lowest BCUT2D eigenvalue weighted by atomic mass is 10.1. The summed E-state index contributed by atoms with van der Waals surface area (Å²) in [7, 11) is 0. The second-order valence-electron chi connectivity index (χ2n) is 4.30. The minimum atomic E-state index is -4.71. The number of hydrogen-bond donors (Lipinski definition) is 2. The second-order valence-corrected chi connectivity index (χ2v) is 4.30. The van der Waals surface area contributed by atoms with Crippen molar-refractivity contribution in [2.75, 3.05) is 0 Å². The van der Waals surface area contributed by atoms with Crippen molar-refractivity contribution in [3.63, 3.8) is 0 Å². The highest BCUT2D eigenvalue weighted by atomic mass is 19.4. The van der Waals surface area contributed by atoms with Gasteiger partial charge in [-0.2, -0.15) is 0 Å². The Morgan fingerprint density at radius 2 is 1.95 bits per heavy atom. The van der Waals surface area contributed by atoms with E-state index < -0.39 is 12.4 Å². The van der Waals surface area contributed by atoms with Gasteiger partial charge in [-0.25, -0.2) is 0 Å². The van der Waals surface area contributed by atoms with Gasteiger partial charge in [0.15, 0.2) is 0 Å². The van der Waals surface area contributed by atoms with Gasteiger partial charge in [0, 0.05) is 6.54 Å². The zero-order valence-electron chi connectivity index (χ0n) is 11.0. The molecule has 0 saturated heterocycles. The molecule has 0 fully saturated rings. The van der Waals surface area contributed by atoms with Crippen LogP contribution in [-0.2, 0) is 11.3 Å². The molecule has 0 aliphatic carbocycles. The van der Waals surface area contributed by atoms with Crippen molar-refractivity contribution in [3.8, 4) is 5.75 Å². The van der Waals surface area contributed by atoms with Gasteiger partial charge in [0.2, 0.25) is 5.91 Å². The first-order valence-electron chi connectivity index (χ1n) is 6.20. The Balaban J connectivity index is 2.48. The molecule has 3 N–H and O–H groups in total. The Kier molecular flexibility index (Phi) is 5.82. The molecule has 20 heavy (non-hydrogen) atoms. The van der Waals surface area contributed by atoms with Crippen LogP contribution in [0.2, 0.25) is 0 Å². The highest BCUT2D eigenvalue weighted by Crippen LogP contribution is 2.22. The molecule has 0 aliphatic rings. The number of rotatable bonds is 6. The lowest BCUT2D eigenvalue weighted by Gasteiger charge is -2.12. The van der Waals surface area contributed by atoms with Crippen molar-refractivity contribution in [1.82, 2.24) is 5.32 Å². The Labute approximate surface area is 115 Å². The van der Waals surface area contributed by atoms with E-state index in [1.807, 2.05) is 6.92 Å². The van der Waals surface area contributed by atoms with Crippen LogP contribution in [0.3, 0.4) is 0 Å². The number of benzene rings is 1. The molecular formula is C13H17F3N2O2. The van der Waals surface area contributed by atoms with Crippen molar-refractivity contribution in [2.24, 2.45) is 5.73 Å². The van der Waals surface area contributed by atoms with E-state index in [2.05, 4.69) is 10.1 Å². The molecule has 0 aliphatic heterocycles. The number of halogens is 3. The second kappa shape index (κ2) is 7.14. The molecule has 1 atom stereocenters. The molecule has 1 aromatic carbocycles. The minimum Gasteiger partial charge on any atom is -0.406 e. The number of alkyl halides is 3. The van der Waals surface area contributed by atoms with Gasteiger partial charge in [0.1, 0.15) is 5.75 Å². The first-order valence-corrected chi connectivity index (χ1v) is 6.20. The van der Waals surface area contributed by atoms with Crippen LogP contribution in [0.4, 0.5) is 13.2 Å². The van der Waals surface area contributed by atoms with Gasteiger partial charge in [-0.15, -0.1) is 13.2 Å². The zero-order valence-corrected chi connectivity index (χ0v) is 11.0. The highest BCUT2D eigenvalue weighted by Gasteiger charge is 2.30. The van der Waals surface area contributed by atoms with Crippen molar-refractivity contribution < 1.29 is 22.7 Å². The summed E-state index contributed by atoms with van der Waals surface area (Å²) in [6.07, 6.45) is -3.31. The summed E-state index contributed by atoms with van der Waals surface area (Å²) < 4.78 is 39.6. The fourth-order valence-electron chi connectivity index (χ4n) is 1.57. The quantitative estimate of drug-likeness (QED) is 0.845. The summed E-state index contributed by atoms with van der Waals surface area (Å²) in [6, 6.07) is 4.73. The number of carbonyl (C=O) groups excluding carboxylic acids is 1. The summed E-state index contributed by atoms with van der Waals surface area (Å²) in [5.74, 6) is -0.572. The van der Waals surface area contributed by atoms with Gasteiger partial charge in [-0.05, 0) is 24.1 Å². The summed E-state index contributed by atoms with van der Waals surface area (Å²) in [6.45, 7) is 2.13. The van der Waals surface area contributed by atoms with Crippen LogP contribution in [0.1, 0.15) is 25.3 Å². The predicted molar refractivity (Wildman–Crippen MR) is 67.9 cm³/mol. The monoisotopic (exact) mass is 290 g/mol. The van der Waals surface area contributed by atoms with Gasteiger partial charge < -0.3 is 15.8 Å². The van der Waals surface area contributed by atoms with E-state index in [9.17, 15) is 18.0 Å². The van der Waals surface area contributed by atoms with Crippen molar-refractivity contribution in [3.05, 3.63) is 29.8 Å². The third-order valence-electron chi connectivity index (χ3n) is 2.56. The first kappa shape index (κ1) is 16.3. The molecule has 0 bridgehead atoms. The summed E-state index contributed by atoms with van der Waals surface area (Å²) in [5, 5.41) is 2.62. The van der Waals surface area contributed by atoms with Gasteiger partial charge in [0.05, 0.1) is 6.04 Å². The fraction of sp³-hybridized carbons (Fsp3) is 0.462. The standard InChI is InChI=1S/C13H17F3N2O2/c1-2-3-11(17)12(19)18-8-9-4-6-10(7-5-9)20-13(14,15)16/h4-7,11H,2-3,8,17H2,1H3,(H,18,19). The molecule has 0 heterocycles. The van der Waals surface area contributed by atoms with Crippen molar-refractivity contribution in [1.29, 1.82) is 0 Å². The number of amides is 1. The summed E-state index contributed by atoms with van der Waals surface area (Å²) >= 11 is 0. The minimum absolute atomic E-state index is 0.211. The lowest BCUT2D eigenvalue weighted by Crippen LogP contribution is -2.40. The molecule has 7 heteroatoms. The van der Waals surface area contributed by atoms with Crippen LogP contribution < -0.4 is 15.8 Å². The number of hydrogen-bond acceptors (Lipinski definition) is 3. The van der Waals surface area contributed by atoms with Gasteiger partial charge in [0.25, 0.3) is 0 Å². The molecular weight excluding hydrogens is 273 g/mol. The van der Waals surface area contributed by atoms with Gasteiger partial charge in [-0.1, -0.05) is 25.5 Å². The highest BCUT2D eigenvalue weighted by molar-refractivity contribution is 5.81. The van der Waals surface area contributed by atoms with Crippen LogP contribution >= 0.6 is 0 Å². The summed E-state index contributed by atoms with van der Waals surface area (Å²) in [4.78, 5) is 11.6. The molecule has 0 radical (unpaired) electrons. The van der Waals surface area contributed by atoms with E-state index in [1.54, 1.807) is 0 Å². The first-order chi connectivity index (χ1) is 9.31. The molecule has 0 saturated carbocycles. The van der Waals surface area contributed by atoms with E-state index in [0.717, 1.165) is 6.42 Å². The lowest BCUT2D eigenvalue weighted by molar-refractivity contribution is -0.274. The van der Waals surface area contributed by atoms with E-state index in [-0.39, 0.29) is 18.2 Å². The third-order valence-corrected chi connectivity index (χ3v) is 2.56. The maximum Gasteiger partial charge on any atom is 0.573 e. The van der Waals surface area contributed by atoms with Crippen LogP contribution in [0, 0.1) is 0 Å². The molecule has 1 amide bonds. The van der Waals surface area contributed by atoms with Crippen LogP contribution in [0.25, 0.3) is 0 Å². The van der Waals surface area contributed by atoms with Crippen molar-refractivity contribution in [2.45, 2.75) is 38.7 Å². The molecule has 112 valence electrons. The van der Waals surface area contributed by atoms with E-state index in [1.165, 1.54) is 24.3 Å². The van der Waals surface area contributed by atoms with E-state index >= 15 is 0 Å². The van der Waals surface area contributed by atoms with Crippen LogP contribution in [0.5, 0.6) is 5.75 Å². The topological polar surface area (TPSA) is 64.4 Å². The SMILES string of the molecule is CCCC(N)C(=O)NCc1ccc(OC(F)(F)F)cc1. The molecule has 0 aromatic heterocycles. The van der Waals surface area contributed by atoms with E-state index in [0.29, 0.717) is 12.0 Å². The van der Waals surface area contributed by atoms with E-state index in [4.69, 9.17) is 5.73 Å². The molecule has 1 rings (SSSR count). The molecule has 1 unspecified atom stereocenters. The zero-order chi connectivity index (χ0) is 15.2. The maximum atomic E-state index is 12.0. The summed E-state index contributed by atoms with van der Waals surface area (Å²) in [5.41, 5.74) is 6.29. The Morgan fingerprint density at radius 3 is 2.45 bits per heavy atom. The molecule has 0 spiro atoms. The predicted octanol–water partition coefficient (Wildman–Crippen LogP) is 2.33.